The van der Waals surface area contributed by atoms with Crippen molar-refractivity contribution < 1.29 is 8.42 Å². The number of anilines is 1. The molecule has 0 radical (unpaired) electrons. The van der Waals surface area contributed by atoms with E-state index in [4.69, 9.17) is 5.73 Å². The molecule has 0 unspecified atom stereocenters. The van der Waals surface area contributed by atoms with E-state index in [0.717, 1.165) is 18.4 Å². The summed E-state index contributed by atoms with van der Waals surface area (Å²) in [6.45, 7) is 10.5. The summed E-state index contributed by atoms with van der Waals surface area (Å²) in [6.07, 6.45) is 1.62. The van der Waals surface area contributed by atoms with Crippen LogP contribution >= 0.6 is 0 Å². The zero-order valence-electron chi connectivity index (χ0n) is 13.8. The van der Waals surface area contributed by atoms with Crippen molar-refractivity contribution in [1.82, 2.24) is 4.31 Å². The first-order chi connectivity index (χ1) is 9.72. The smallest absolute Gasteiger partial charge is 0.243 e. The Bertz CT molecular complexity index is 543. The van der Waals surface area contributed by atoms with Crippen molar-refractivity contribution in [2.45, 2.75) is 58.4 Å². The van der Waals surface area contributed by atoms with Crippen molar-refractivity contribution in [2.24, 2.45) is 5.92 Å². The fraction of sp³-hybridized carbons (Fsp3) is 0.625. The highest BCUT2D eigenvalue weighted by molar-refractivity contribution is 7.89. The number of hydrogen-bond donors (Lipinski definition) is 1. The summed E-state index contributed by atoms with van der Waals surface area (Å²) in [5.41, 5.74) is 7.17. The molecule has 0 amide bonds. The summed E-state index contributed by atoms with van der Waals surface area (Å²) in [6, 6.07) is 5.06. The van der Waals surface area contributed by atoms with Crippen LogP contribution in [0.25, 0.3) is 0 Å². The zero-order valence-corrected chi connectivity index (χ0v) is 14.6. The first-order valence-electron chi connectivity index (χ1n) is 7.61. The number of nitrogens with two attached hydrogens (primary N) is 1. The van der Waals surface area contributed by atoms with E-state index in [2.05, 4.69) is 0 Å². The molecule has 1 rings (SSSR count). The number of nitrogens with zero attached hydrogens (tertiary/aromatic N) is 1. The van der Waals surface area contributed by atoms with Gasteiger partial charge in [-0.15, -0.1) is 0 Å². The number of aryl methyl sites for hydroxylation is 1. The molecule has 4 nitrogen and oxygen atoms in total. The lowest BCUT2D eigenvalue weighted by Crippen LogP contribution is -2.42. The van der Waals surface area contributed by atoms with Gasteiger partial charge in [0, 0.05) is 18.3 Å². The summed E-state index contributed by atoms with van der Waals surface area (Å²) >= 11 is 0. The lowest BCUT2D eigenvalue weighted by atomic mass is 10.1. The minimum Gasteiger partial charge on any atom is -0.399 e. The molecule has 1 aromatic rings. The van der Waals surface area contributed by atoms with Crippen LogP contribution in [0.5, 0.6) is 0 Å². The Morgan fingerprint density at radius 3 is 2.14 bits per heavy atom. The molecule has 120 valence electrons. The predicted octanol–water partition coefficient (Wildman–Crippen LogP) is 3.41. The van der Waals surface area contributed by atoms with Crippen LogP contribution in [-0.4, -0.2) is 25.3 Å². The molecule has 0 bridgehead atoms. The van der Waals surface area contributed by atoms with Crippen LogP contribution in [0.2, 0.25) is 0 Å². The highest BCUT2D eigenvalue weighted by atomic mass is 32.2. The van der Waals surface area contributed by atoms with Gasteiger partial charge in [-0.3, -0.25) is 0 Å². The normalized spacial score (nSPS) is 12.6. The van der Waals surface area contributed by atoms with E-state index in [1.165, 1.54) is 0 Å². The Morgan fingerprint density at radius 2 is 1.71 bits per heavy atom. The molecule has 0 spiro atoms. The first kappa shape index (κ1) is 18.0. The Labute approximate surface area is 129 Å². The first-order valence-corrected chi connectivity index (χ1v) is 9.05. The average molecular weight is 312 g/mol. The maximum atomic E-state index is 13.0. The third-order valence-corrected chi connectivity index (χ3v) is 5.47. The highest BCUT2D eigenvalue weighted by Crippen LogP contribution is 2.25. The summed E-state index contributed by atoms with van der Waals surface area (Å²) in [5, 5.41) is 0. The minimum absolute atomic E-state index is 0.0270. The lowest BCUT2D eigenvalue weighted by molar-refractivity contribution is 0.277. The van der Waals surface area contributed by atoms with Gasteiger partial charge >= 0.3 is 0 Å². The largest absolute Gasteiger partial charge is 0.399 e. The van der Waals surface area contributed by atoms with Crippen molar-refractivity contribution in [2.75, 3.05) is 12.3 Å². The molecular weight excluding hydrogens is 284 g/mol. The molecule has 0 saturated heterocycles. The number of rotatable bonds is 7. The van der Waals surface area contributed by atoms with E-state index in [-0.39, 0.29) is 12.0 Å². The summed E-state index contributed by atoms with van der Waals surface area (Å²) in [4.78, 5) is 0.299. The summed E-state index contributed by atoms with van der Waals surface area (Å²) in [7, 11) is -3.51. The van der Waals surface area contributed by atoms with Gasteiger partial charge in [0.1, 0.15) is 0 Å². The second-order valence-corrected chi connectivity index (χ2v) is 7.91. The molecule has 0 aromatic heterocycles. The second-order valence-electron chi connectivity index (χ2n) is 6.02. The van der Waals surface area contributed by atoms with Crippen LogP contribution in [-0.2, 0) is 10.0 Å². The van der Waals surface area contributed by atoms with Gasteiger partial charge < -0.3 is 5.73 Å². The van der Waals surface area contributed by atoms with Crippen molar-refractivity contribution in [3.63, 3.8) is 0 Å². The van der Waals surface area contributed by atoms with Crippen LogP contribution in [0, 0.1) is 12.8 Å². The van der Waals surface area contributed by atoms with Gasteiger partial charge in [0.2, 0.25) is 10.0 Å². The van der Waals surface area contributed by atoms with Crippen LogP contribution in [0.4, 0.5) is 5.69 Å². The minimum atomic E-state index is -3.51. The van der Waals surface area contributed by atoms with Crippen molar-refractivity contribution in [1.29, 1.82) is 0 Å². The fourth-order valence-corrected chi connectivity index (χ4v) is 4.64. The van der Waals surface area contributed by atoms with Gasteiger partial charge in [-0.2, -0.15) is 4.31 Å². The molecule has 0 atom stereocenters. The second kappa shape index (κ2) is 7.27. The fourth-order valence-electron chi connectivity index (χ4n) is 2.56. The Hall–Kier alpha value is -1.07. The lowest BCUT2D eigenvalue weighted by Gasteiger charge is -2.31. The topological polar surface area (TPSA) is 63.4 Å². The summed E-state index contributed by atoms with van der Waals surface area (Å²) in [5.74, 6) is 0.280. The maximum Gasteiger partial charge on any atom is 0.243 e. The molecule has 21 heavy (non-hydrogen) atoms. The third kappa shape index (κ3) is 4.45. The van der Waals surface area contributed by atoms with Crippen molar-refractivity contribution in [3.05, 3.63) is 23.8 Å². The molecular formula is C16H28N2O2S. The van der Waals surface area contributed by atoms with E-state index < -0.39 is 10.0 Å². The van der Waals surface area contributed by atoms with Gasteiger partial charge in [0.05, 0.1) is 4.90 Å². The molecule has 2 N–H and O–H groups in total. The van der Waals surface area contributed by atoms with Gasteiger partial charge in [-0.05, 0) is 49.4 Å². The molecule has 0 saturated carbocycles. The van der Waals surface area contributed by atoms with Crippen LogP contribution < -0.4 is 5.73 Å². The molecule has 1 aromatic carbocycles. The van der Waals surface area contributed by atoms with Crippen molar-refractivity contribution >= 4 is 15.7 Å². The highest BCUT2D eigenvalue weighted by Gasteiger charge is 2.30. The number of hydrogen-bond acceptors (Lipinski definition) is 3. The monoisotopic (exact) mass is 312 g/mol. The van der Waals surface area contributed by atoms with E-state index in [1.54, 1.807) is 22.5 Å². The standard InChI is InChI=1S/C16H28N2O2S/c1-6-15(7-2)18(11-12(3)4)21(19,20)16-9-13(5)8-14(17)10-16/h8-10,12,15H,6-7,11,17H2,1-5H3. The number of sulfonamides is 1. The van der Waals surface area contributed by atoms with Gasteiger partial charge in [-0.1, -0.05) is 27.7 Å². The Balaban J connectivity index is 3.32. The van der Waals surface area contributed by atoms with Crippen LogP contribution in [0.15, 0.2) is 23.1 Å². The zero-order chi connectivity index (χ0) is 16.2. The molecule has 0 aliphatic rings. The van der Waals surface area contributed by atoms with E-state index in [1.807, 2.05) is 34.6 Å². The van der Waals surface area contributed by atoms with Gasteiger partial charge in [0.25, 0.3) is 0 Å². The van der Waals surface area contributed by atoms with Gasteiger partial charge in [0.15, 0.2) is 0 Å². The molecule has 0 fully saturated rings. The van der Waals surface area contributed by atoms with E-state index in [0.29, 0.717) is 17.1 Å². The number of benzene rings is 1. The molecule has 0 aliphatic heterocycles. The third-order valence-electron chi connectivity index (χ3n) is 3.57. The van der Waals surface area contributed by atoms with E-state index >= 15 is 0 Å². The molecule has 5 heteroatoms. The Kier molecular flexibility index (Phi) is 6.23. The SMILES string of the molecule is CCC(CC)N(CC(C)C)S(=O)(=O)c1cc(C)cc(N)c1. The number of nitrogen functional groups attached to an aromatic ring is 1. The predicted molar refractivity (Wildman–Crippen MR) is 88.7 cm³/mol. The average Bonchev–Trinajstić information content (AvgIpc) is 2.37. The molecule has 0 aliphatic carbocycles. The van der Waals surface area contributed by atoms with Crippen LogP contribution in [0.1, 0.15) is 46.1 Å². The van der Waals surface area contributed by atoms with E-state index in [9.17, 15) is 8.42 Å². The quantitative estimate of drug-likeness (QED) is 0.785. The van der Waals surface area contributed by atoms with Crippen molar-refractivity contribution in [3.8, 4) is 0 Å². The maximum absolute atomic E-state index is 13.0. The van der Waals surface area contributed by atoms with Crippen LogP contribution in [0.3, 0.4) is 0 Å². The molecule has 0 heterocycles. The Morgan fingerprint density at radius 1 is 1.14 bits per heavy atom. The van der Waals surface area contributed by atoms with Gasteiger partial charge in [-0.25, -0.2) is 8.42 Å². The summed E-state index contributed by atoms with van der Waals surface area (Å²) < 4.78 is 27.6.